The number of alkyl halides is 2. The Morgan fingerprint density at radius 1 is 1.42 bits per heavy atom. The maximum atomic E-state index is 12.6. The third-order valence-corrected chi connectivity index (χ3v) is 3.70. The highest BCUT2D eigenvalue weighted by atomic mass is 19.3. The Kier molecular flexibility index (Phi) is 3.78. The van der Waals surface area contributed by atoms with Gasteiger partial charge in [-0.15, -0.1) is 10.2 Å². The number of amides is 1. The van der Waals surface area contributed by atoms with Crippen LogP contribution in [0.4, 0.5) is 8.78 Å². The Hall–Kier alpha value is -3.44. The fourth-order valence-electron chi connectivity index (χ4n) is 2.51. The van der Waals surface area contributed by atoms with Crippen LogP contribution in [0.25, 0.3) is 11.4 Å². The number of rotatable bonds is 4. The van der Waals surface area contributed by atoms with Gasteiger partial charge in [0, 0.05) is 11.1 Å². The number of aromatic nitrogens is 6. The van der Waals surface area contributed by atoms with Crippen LogP contribution in [0, 0.1) is 0 Å². The average Bonchev–Trinajstić information content (AvgIpc) is 3.34. The van der Waals surface area contributed by atoms with Crippen LogP contribution < -0.4 is 10.1 Å². The monoisotopic (exact) mass is 363 g/mol. The largest absolute Gasteiger partial charge is 0.491 e. The second-order valence-corrected chi connectivity index (χ2v) is 5.45. The van der Waals surface area contributed by atoms with Crippen molar-refractivity contribution in [2.75, 3.05) is 6.61 Å². The molecule has 0 aliphatic carbocycles. The van der Waals surface area contributed by atoms with Crippen LogP contribution in [0.5, 0.6) is 5.75 Å². The van der Waals surface area contributed by atoms with Gasteiger partial charge in [0.1, 0.15) is 12.4 Å². The number of nitrogens with zero attached hydrogens (tertiary/aromatic N) is 6. The molecule has 1 aromatic carbocycles. The number of carbonyl (C=O) groups is 1. The summed E-state index contributed by atoms with van der Waals surface area (Å²) in [5, 5.41) is 17.4. The van der Waals surface area contributed by atoms with Gasteiger partial charge >= 0.3 is 6.43 Å². The van der Waals surface area contributed by atoms with Gasteiger partial charge in [0.2, 0.25) is 5.82 Å². The van der Waals surface area contributed by atoms with Gasteiger partial charge in [-0.25, -0.2) is 0 Å². The second kappa shape index (κ2) is 6.13. The Balaban J connectivity index is 1.53. The Morgan fingerprint density at radius 3 is 2.96 bits per heavy atom. The van der Waals surface area contributed by atoms with Crippen molar-refractivity contribution in [2.24, 2.45) is 7.05 Å². The molecule has 1 aliphatic rings. The number of aryl methyl sites for hydroxylation is 1. The van der Waals surface area contributed by atoms with Gasteiger partial charge in [-0.3, -0.25) is 4.79 Å². The summed E-state index contributed by atoms with van der Waals surface area (Å²) < 4.78 is 35.2. The number of benzene rings is 1. The van der Waals surface area contributed by atoms with Crippen LogP contribution in [0.3, 0.4) is 0 Å². The summed E-state index contributed by atoms with van der Waals surface area (Å²) in [7, 11) is 1.55. The molecule has 12 heteroatoms. The number of hydrogen-bond donors (Lipinski definition) is 1. The van der Waals surface area contributed by atoms with Crippen LogP contribution in [0.1, 0.15) is 34.5 Å². The minimum Gasteiger partial charge on any atom is -0.491 e. The maximum absolute atomic E-state index is 12.6. The zero-order valence-corrected chi connectivity index (χ0v) is 13.3. The molecule has 0 saturated heterocycles. The lowest BCUT2D eigenvalue weighted by atomic mass is 10.1. The van der Waals surface area contributed by atoms with Gasteiger partial charge in [0.25, 0.3) is 17.6 Å². The molecule has 3 aromatic rings. The number of nitrogens with one attached hydrogen (secondary N) is 1. The van der Waals surface area contributed by atoms with Crippen LogP contribution in [-0.4, -0.2) is 42.9 Å². The van der Waals surface area contributed by atoms with Crippen molar-refractivity contribution in [3.63, 3.8) is 0 Å². The van der Waals surface area contributed by atoms with E-state index in [0.29, 0.717) is 11.3 Å². The number of hydrogen-bond acceptors (Lipinski definition) is 8. The van der Waals surface area contributed by atoms with Crippen LogP contribution >= 0.6 is 0 Å². The summed E-state index contributed by atoms with van der Waals surface area (Å²) in [5.74, 6) is -0.762. The Labute approximate surface area is 144 Å². The standard InChI is InChI=1S/C14H11F2N7O3/c1-23-20-12(19-22-23)13(24)17-8-5-25-9-4-6(2-3-7(8)9)11-18-14(10(15)16)26-21-11/h2-4,8,10H,5H2,1H3,(H,17,24)/t8-/m1/s1. The third-order valence-electron chi connectivity index (χ3n) is 3.70. The van der Waals surface area contributed by atoms with Gasteiger partial charge in [-0.1, -0.05) is 17.3 Å². The lowest BCUT2D eigenvalue weighted by molar-refractivity contribution is 0.0919. The zero-order valence-electron chi connectivity index (χ0n) is 13.3. The quantitative estimate of drug-likeness (QED) is 0.730. The summed E-state index contributed by atoms with van der Waals surface area (Å²) in [6.45, 7) is 0.208. The molecule has 1 atom stereocenters. The van der Waals surface area contributed by atoms with Crippen molar-refractivity contribution in [3.8, 4) is 17.1 Å². The molecule has 0 fully saturated rings. The lowest BCUT2D eigenvalue weighted by Gasteiger charge is -2.09. The highest BCUT2D eigenvalue weighted by molar-refractivity contribution is 5.90. The average molecular weight is 363 g/mol. The maximum Gasteiger partial charge on any atom is 0.315 e. The van der Waals surface area contributed by atoms with E-state index in [2.05, 4.69) is 35.4 Å². The van der Waals surface area contributed by atoms with Crippen molar-refractivity contribution < 1.29 is 22.8 Å². The van der Waals surface area contributed by atoms with E-state index in [1.807, 2.05) is 0 Å². The molecule has 0 saturated carbocycles. The van der Waals surface area contributed by atoms with Crippen molar-refractivity contribution in [3.05, 3.63) is 35.5 Å². The summed E-state index contributed by atoms with van der Waals surface area (Å²) in [5.41, 5.74) is 1.19. The summed E-state index contributed by atoms with van der Waals surface area (Å²) in [6, 6.07) is 4.53. The molecule has 1 N–H and O–H groups in total. The molecule has 4 rings (SSSR count). The van der Waals surface area contributed by atoms with Gasteiger partial charge in [0.15, 0.2) is 0 Å². The molecule has 134 valence electrons. The first kappa shape index (κ1) is 16.1. The molecule has 0 bridgehead atoms. The predicted octanol–water partition coefficient (Wildman–Crippen LogP) is 1.06. The van der Waals surface area contributed by atoms with E-state index in [-0.39, 0.29) is 18.3 Å². The van der Waals surface area contributed by atoms with Crippen LogP contribution in [0.2, 0.25) is 0 Å². The Bertz CT molecular complexity index is 971. The Morgan fingerprint density at radius 2 is 2.27 bits per heavy atom. The second-order valence-electron chi connectivity index (χ2n) is 5.45. The summed E-state index contributed by atoms with van der Waals surface area (Å²) in [4.78, 5) is 16.9. The fourth-order valence-corrected chi connectivity index (χ4v) is 2.51. The molecule has 0 unspecified atom stereocenters. The normalized spacial score (nSPS) is 15.8. The van der Waals surface area contributed by atoms with Gasteiger partial charge in [0.05, 0.1) is 13.1 Å². The van der Waals surface area contributed by atoms with E-state index < -0.39 is 24.3 Å². The van der Waals surface area contributed by atoms with E-state index in [0.717, 1.165) is 5.56 Å². The SMILES string of the molecule is Cn1nnc(C(=O)N[C@@H]2COc3cc(-c4noc(C(F)F)n4)ccc32)n1. The first-order valence-electron chi connectivity index (χ1n) is 7.45. The first-order chi connectivity index (χ1) is 12.5. The molecule has 0 spiro atoms. The molecule has 3 heterocycles. The van der Waals surface area contributed by atoms with Crippen molar-refractivity contribution >= 4 is 5.91 Å². The molecule has 0 radical (unpaired) electrons. The summed E-state index contributed by atoms with van der Waals surface area (Å²) >= 11 is 0. The van der Waals surface area contributed by atoms with E-state index in [9.17, 15) is 13.6 Å². The highest BCUT2D eigenvalue weighted by Crippen LogP contribution is 2.35. The van der Waals surface area contributed by atoms with Crippen LogP contribution in [-0.2, 0) is 7.05 Å². The molecule has 1 aliphatic heterocycles. The molecule has 10 nitrogen and oxygen atoms in total. The smallest absolute Gasteiger partial charge is 0.315 e. The number of fused-ring (bicyclic) bond motifs is 1. The van der Waals surface area contributed by atoms with Crippen molar-refractivity contribution in [1.29, 1.82) is 0 Å². The number of ether oxygens (including phenoxy) is 1. The van der Waals surface area contributed by atoms with Gasteiger partial charge in [-0.05, 0) is 11.3 Å². The van der Waals surface area contributed by atoms with Gasteiger partial charge < -0.3 is 14.6 Å². The van der Waals surface area contributed by atoms with Gasteiger partial charge in [-0.2, -0.15) is 18.6 Å². The number of halogens is 2. The van der Waals surface area contributed by atoms with E-state index in [1.165, 1.54) is 4.80 Å². The molecular formula is C14H11F2N7O3. The minimum absolute atomic E-state index is 0.0305. The number of tetrazole rings is 1. The molecule has 26 heavy (non-hydrogen) atoms. The van der Waals surface area contributed by atoms with E-state index >= 15 is 0 Å². The third kappa shape index (κ3) is 2.85. The predicted molar refractivity (Wildman–Crippen MR) is 79.2 cm³/mol. The minimum atomic E-state index is -2.84. The fraction of sp³-hybridized carbons (Fsp3) is 0.286. The number of carbonyl (C=O) groups excluding carboxylic acids is 1. The molecular weight excluding hydrogens is 352 g/mol. The summed E-state index contributed by atoms with van der Waals surface area (Å²) in [6.07, 6.45) is -2.84. The highest BCUT2D eigenvalue weighted by Gasteiger charge is 2.28. The van der Waals surface area contributed by atoms with E-state index in [4.69, 9.17) is 4.74 Å². The lowest BCUT2D eigenvalue weighted by Crippen LogP contribution is -2.30. The molecule has 2 aromatic heterocycles. The first-order valence-corrected chi connectivity index (χ1v) is 7.45. The van der Waals surface area contributed by atoms with Crippen molar-refractivity contribution in [1.82, 2.24) is 35.7 Å². The molecule has 1 amide bonds. The topological polar surface area (TPSA) is 121 Å². The van der Waals surface area contributed by atoms with Crippen LogP contribution in [0.15, 0.2) is 22.7 Å². The zero-order chi connectivity index (χ0) is 18.3. The van der Waals surface area contributed by atoms with E-state index in [1.54, 1.807) is 25.2 Å². The van der Waals surface area contributed by atoms with Crippen molar-refractivity contribution in [2.45, 2.75) is 12.5 Å².